The van der Waals surface area contributed by atoms with E-state index in [2.05, 4.69) is 5.32 Å². The highest BCUT2D eigenvalue weighted by atomic mass is 16.3. The second-order valence-corrected chi connectivity index (χ2v) is 5.24. The molecule has 0 radical (unpaired) electrons. The van der Waals surface area contributed by atoms with E-state index >= 15 is 0 Å². The zero-order chi connectivity index (χ0) is 15.4. The van der Waals surface area contributed by atoms with E-state index in [0.29, 0.717) is 17.7 Å². The summed E-state index contributed by atoms with van der Waals surface area (Å²) in [4.78, 5) is 12.2. The molecule has 0 aliphatic rings. The third-order valence-electron chi connectivity index (χ3n) is 3.44. The van der Waals surface area contributed by atoms with Gasteiger partial charge in [-0.05, 0) is 49.1 Å². The minimum absolute atomic E-state index is 0.221. The molecule has 4 N–H and O–H groups in total. The van der Waals surface area contributed by atoms with E-state index in [9.17, 15) is 9.90 Å². The van der Waals surface area contributed by atoms with Crippen LogP contribution in [0.25, 0.3) is 0 Å². The number of aryl methyl sites for hydroxylation is 2. The first-order valence-corrected chi connectivity index (χ1v) is 6.88. The fraction of sp³-hybridized carbons (Fsp3) is 0.235. The molecule has 0 heterocycles. The lowest BCUT2D eigenvalue weighted by atomic mass is 10.1. The van der Waals surface area contributed by atoms with Gasteiger partial charge >= 0.3 is 0 Å². The summed E-state index contributed by atoms with van der Waals surface area (Å²) in [5.41, 5.74) is 9.18. The highest BCUT2D eigenvalue weighted by Gasteiger charge is 2.15. The predicted octanol–water partition coefficient (Wildman–Crippen LogP) is 2.52. The number of rotatable bonds is 4. The lowest BCUT2D eigenvalue weighted by molar-refractivity contribution is -0.117. The van der Waals surface area contributed by atoms with Crippen LogP contribution in [0.1, 0.15) is 16.7 Å². The molecule has 110 valence electrons. The lowest BCUT2D eigenvalue weighted by Crippen LogP contribution is -2.37. The van der Waals surface area contributed by atoms with E-state index in [-0.39, 0.29) is 11.7 Å². The fourth-order valence-electron chi connectivity index (χ4n) is 2.12. The lowest BCUT2D eigenvalue weighted by Gasteiger charge is -2.15. The fourth-order valence-corrected chi connectivity index (χ4v) is 2.12. The van der Waals surface area contributed by atoms with Gasteiger partial charge in [-0.3, -0.25) is 4.79 Å². The maximum Gasteiger partial charge on any atom is 0.241 e. The molecule has 0 aliphatic heterocycles. The topological polar surface area (TPSA) is 75.4 Å². The van der Waals surface area contributed by atoms with Crippen LogP contribution in [0, 0.1) is 13.8 Å². The minimum Gasteiger partial charge on any atom is -0.508 e. The highest BCUT2D eigenvalue weighted by molar-refractivity contribution is 5.95. The second kappa shape index (κ2) is 6.41. The number of amides is 1. The van der Waals surface area contributed by atoms with Gasteiger partial charge in [0.25, 0.3) is 0 Å². The standard InChI is InChI=1S/C17H20N2O2/c1-11-9-16(20)12(2)8-15(11)19-17(21)14(18)10-13-6-4-3-5-7-13/h3-9,14,20H,10,18H2,1-2H3,(H,19,21). The summed E-state index contributed by atoms with van der Waals surface area (Å²) in [6.45, 7) is 3.62. The molecule has 21 heavy (non-hydrogen) atoms. The van der Waals surface area contributed by atoms with Crippen molar-refractivity contribution in [2.75, 3.05) is 5.32 Å². The number of aromatic hydroxyl groups is 1. The molecule has 0 bridgehead atoms. The molecule has 2 aromatic rings. The maximum absolute atomic E-state index is 12.2. The van der Waals surface area contributed by atoms with Gasteiger partial charge in [0.2, 0.25) is 5.91 Å². The number of phenolic OH excluding ortho intramolecular Hbond substituents is 1. The van der Waals surface area contributed by atoms with Gasteiger partial charge in [-0.15, -0.1) is 0 Å². The van der Waals surface area contributed by atoms with Crippen molar-refractivity contribution in [1.29, 1.82) is 0 Å². The Morgan fingerprint density at radius 2 is 1.86 bits per heavy atom. The summed E-state index contributed by atoms with van der Waals surface area (Å²) in [5.74, 6) is -0.00822. The number of hydrogen-bond acceptors (Lipinski definition) is 3. The third-order valence-corrected chi connectivity index (χ3v) is 3.44. The van der Waals surface area contributed by atoms with Crippen LogP contribution in [0.2, 0.25) is 0 Å². The molecule has 0 aromatic heterocycles. The Labute approximate surface area is 124 Å². The van der Waals surface area contributed by atoms with Gasteiger partial charge in [0, 0.05) is 5.69 Å². The van der Waals surface area contributed by atoms with Gasteiger partial charge in [0.15, 0.2) is 0 Å². The Hall–Kier alpha value is -2.33. The molecule has 1 atom stereocenters. The Balaban J connectivity index is 2.06. The van der Waals surface area contributed by atoms with E-state index in [1.807, 2.05) is 37.3 Å². The summed E-state index contributed by atoms with van der Waals surface area (Å²) in [5, 5.41) is 12.4. The Morgan fingerprint density at radius 1 is 1.19 bits per heavy atom. The van der Waals surface area contributed by atoms with E-state index in [4.69, 9.17) is 5.73 Å². The Bertz CT molecular complexity index is 639. The first-order valence-electron chi connectivity index (χ1n) is 6.88. The zero-order valence-corrected chi connectivity index (χ0v) is 12.3. The van der Waals surface area contributed by atoms with Gasteiger partial charge in [-0.2, -0.15) is 0 Å². The molecule has 0 saturated heterocycles. The molecule has 4 nitrogen and oxygen atoms in total. The van der Waals surface area contributed by atoms with Crippen LogP contribution in [0.4, 0.5) is 5.69 Å². The second-order valence-electron chi connectivity index (χ2n) is 5.24. The molecular formula is C17H20N2O2. The van der Waals surface area contributed by atoms with Crippen LogP contribution >= 0.6 is 0 Å². The van der Waals surface area contributed by atoms with Crippen LogP contribution < -0.4 is 11.1 Å². The van der Waals surface area contributed by atoms with Crippen LogP contribution in [0.15, 0.2) is 42.5 Å². The number of anilines is 1. The largest absolute Gasteiger partial charge is 0.508 e. The Kier molecular flexibility index (Phi) is 4.60. The average molecular weight is 284 g/mol. The maximum atomic E-state index is 12.2. The number of carbonyl (C=O) groups excluding carboxylic acids is 1. The number of benzene rings is 2. The van der Waals surface area contributed by atoms with E-state index < -0.39 is 6.04 Å². The van der Waals surface area contributed by atoms with Crippen LogP contribution in [-0.2, 0) is 11.2 Å². The van der Waals surface area contributed by atoms with E-state index in [1.54, 1.807) is 19.1 Å². The normalized spacial score (nSPS) is 12.0. The van der Waals surface area contributed by atoms with Gasteiger partial charge < -0.3 is 16.2 Å². The first-order chi connectivity index (χ1) is 9.97. The number of phenols is 1. The van der Waals surface area contributed by atoms with Crippen molar-refractivity contribution in [2.45, 2.75) is 26.3 Å². The molecule has 0 fully saturated rings. The minimum atomic E-state index is -0.610. The predicted molar refractivity (Wildman–Crippen MR) is 84.3 cm³/mol. The van der Waals surface area contributed by atoms with Crippen molar-refractivity contribution in [3.05, 3.63) is 59.2 Å². The zero-order valence-electron chi connectivity index (χ0n) is 12.3. The SMILES string of the molecule is Cc1cc(NC(=O)C(N)Cc2ccccc2)c(C)cc1O. The quantitative estimate of drug-likeness (QED) is 0.755. The first kappa shape index (κ1) is 15.1. The van der Waals surface area contributed by atoms with Crippen molar-refractivity contribution < 1.29 is 9.90 Å². The summed E-state index contributed by atoms with van der Waals surface area (Å²) in [6, 6.07) is 12.4. The van der Waals surface area contributed by atoms with Crippen molar-refractivity contribution in [3.8, 4) is 5.75 Å². The molecule has 4 heteroatoms. The molecule has 1 unspecified atom stereocenters. The number of hydrogen-bond donors (Lipinski definition) is 3. The van der Waals surface area contributed by atoms with Crippen LogP contribution in [0.5, 0.6) is 5.75 Å². The van der Waals surface area contributed by atoms with Gasteiger partial charge in [0.1, 0.15) is 5.75 Å². The van der Waals surface area contributed by atoms with Gasteiger partial charge in [-0.1, -0.05) is 30.3 Å². The van der Waals surface area contributed by atoms with E-state index in [0.717, 1.165) is 11.1 Å². The highest BCUT2D eigenvalue weighted by Crippen LogP contribution is 2.25. The van der Waals surface area contributed by atoms with Crippen molar-refractivity contribution in [1.82, 2.24) is 0 Å². The van der Waals surface area contributed by atoms with Crippen molar-refractivity contribution in [3.63, 3.8) is 0 Å². The summed E-state index contributed by atoms with van der Waals surface area (Å²) in [7, 11) is 0. The summed E-state index contributed by atoms with van der Waals surface area (Å²) in [6.07, 6.45) is 0.489. The van der Waals surface area contributed by atoms with Crippen LogP contribution in [0.3, 0.4) is 0 Å². The molecule has 2 aromatic carbocycles. The number of carbonyl (C=O) groups is 1. The van der Waals surface area contributed by atoms with E-state index in [1.165, 1.54) is 0 Å². The molecule has 1 amide bonds. The smallest absolute Gasteiger partial charge is 0.241 e. The number of nitrogens with two attached hydrogens (primary N) is 1. The van der Waals surface area contributed by atoms with Gasteiger partial charge in [0.05, 0.1) is 6.04 Å². The third kappa shape index (κ3) is 3.83. The Morgan fingerprint density at radius 3 is 2.52 bits per heavy atom. The van der Waals surface area contributed by atoms with Crippen molar-refractivity contribution >= 4 is 11.6 Å². The molecule has 0 aliphatic carbocycles. The average Bonchev–Trinajstić information content (AvgIpc) is 2.45. The monoisotopic (exact) mass is 284 g/mol. The number of nitrogens with one attached hydrogen (secondary N) is 1. The van der Waals surface area contributed by atoms with Crippen LogP contribution in [-0.4, -0.2) is 17.1 Å². The van der Waals surface area contributed by atoms with Gasteiger partial charge in [-0.25, -0.2) is 0 Å². The summed E-state index contributed by atoms with van der Waals surface area (Å²) >= 11 is 0. The molecular weight excluding hydrogens is 264 g/mol. The van der Waals surface area contributed by atoms with Crippen molar-refractivity contribution in [2.24, 2.45) is 5.73 Å². The summed E-state index contributed by atoms with van der Waals surface area (Å²) < 4.78 is 0. The molecule has 0 saturated carbocycles. The molecule has 2 rings (SSSR count). The molecule has 0 spiro atoms.